The second-order valence-corrected chi connectivity index (χ2v) is 27.6. The lowest BCUT2D eigenvalue weighted by molar-refractivity contribution is 0.0882. The highest BCUT2D eigenvalue weighted by Gasteiger charge is 2.41. The van der Waals surface area contributed by atoms with E-state index in [4.69, 9.17) is 0 Å². The van der Waals surface area contributed by atoms with Gasteiger partial charge >= 0.3 is 0 Å². The molecule has 4 N–H and O–H groups in total. The van der Waals surface area contributed by atoms with Crippen LogP contribution in [0.3, 0.4) is 0 Å². The molecule has 16 rings (SSSR count). The van der Waals surface area contributed by atoms with Crippen molar-refractivity contribution in [2.75, 3.05) is 106 Å². The third kappa shape index (κ3) is 16.3. The molecule has 4 saturated heterocycles. The molecule has 0 bridgehead atoms. The summed E-state index contributed by atoms with van der Waals surface area (Å²) in [6.07, 6.45) is 4.90. The topological polar surface area (TPSA) is 204 Å². The lowest BCUT2D eigenvalue weighted by atomic mass is 9.89. The molecule has 4 aliphatic heterocycles. The molecule has 0 amide bonds. The maximum absolute atomic E-state index is 14.2. The highest BCUT2D eigenvalue weighted by molar-refractivity contribution is 6.30. The van der Waals surface area contributed by atoms with Crippen molar-refractivity contribution in [3.05, 3.63) is 307 Å². The van der Waals surface area contributed by atoms with E-state index in [0.717, 1.165) is 90.1 Å². The first-order valence-corrected chi connectivity index (χ1v) is 36.7. The van der Waals surface area contributed by atoms with Crippen molar-refractivity contribution in [2.45, 2.75) is 58.9 Å². The largest absolute Gasteiger partial charge is 0.367 e. The Kier molecular flexibility index (Phi) is 23.1. The highest BCUT2D eigenvalue weighted by Crippen LogP contribution is 2.37. The number of fused-ring (bicyclic) bond motifs is 4. The fraction of sp³-hybridized carbons (Fsp3) is 0.256. The van der Waals surface area contributed by atoms with E-state index < -0.39 is 11.6 Å². The molecule has 8 aliphatic rings. The van der Waals surface area contributed by atoms with E-state index in [1.807, 2.05) is 19.6 Å². The second kappa shape index (κ2) is 33.5. The number of carbonyl (C=O) groups is 8. The van der Waals surface area contributed by atoms with Gasteiger partial charge in [-0.05, 0) is 137 Å². The zero-order valence-corrected chi connectivity index (χ0v) is 60.5. The number of rotatable bonds is 14. The number of halogens is 5. The van der Waals surface area contributed by atoms with Crippen LogP contribution >= 0.6 is 0 Å². The van der Waals surface area contributed by atoms with Crippen LogP contribution in [-0.2, 0) is 0 Å². The van der Waals surface area contributed by atoms with Gasteiger partial charge in [-0.25, -0.2) is 22.0 Å². The van der Waals surface area contributed by atoms with Crippen LogP contribution in [0.2, 0.25) is 0 Å². The number of benzene rings is 8. The molecule has 0 radical (unpaired) electrons. The van der Waals surface area contributed by atoms with Gasteiger partial charge in [-0.15, -0.1) is 0 Å². The predicted molar refractivity (Wildman–Crippen MR) is 407 cm³/mol. The van der Waals surface area contributed by atoms with Gasteiger partial charge in [0.25, 0.3) is 0 Å². The number of piperazine rings is 2. The van der Waals surface area contributed by atoms with Crippen molar-refractivity contribution >= 4 is 69.0 Å². The van der Waals surface area contributed by atoms with Crippen LogP contribution in [0, 0.1) is 29.1 Å². The summed E-state index contributed by atoms with van der Waals surface area (Å²) < 4.78 is 67.1. The van der Waals surface area contributed by atoms with Gasteiger partial charge in [-0.3, -0.25) is 43.3 Å². The molecule has 18 nitrogen and oxygen atoms in total. The first kappa shape index (κ1) is 75.3. The molecule has 0 spiro atoms. The molecule has 8 aromatic rings. The van der Waals surface area contributed by atoms with Gasteiger partial charge in [0.1, 0.15) is 74.7 Å². The van der Waals surface area contributed by atoms with Crippen LogP contribution in [0.25, 0.3) is 0 Å². The quantitative estimate of drug-likeness (QED) is 0.0748. The number of carbonyl (C=O) groups excluding carboxylic acids is 8. The number of anilines is 4. The fourth-order valence-corrected chi connectivity index (χ4v) is 14.7. The monoisotopic (exact) mass is 1480 g/mol. The van der Waals surface area contributed by atoms with Gasteiger partial charge < -0.3 is 45.8 Å². The van der Waals surface area contributed by atoms with Crippen molar-refractivity contribution in [3.8, 4) is 0 Å². The molecule has 0 atom stereocenters. The molecular formula is C86H81F5N10O8. The molecule has 4 fully saturated rings. The number of ketones is 8. The number of allylic oxidation sites excluding steroid dienone is 8. The van der Waals surface area contributed by atoms with E-state index in [1.165, 1.54) is 42.5 Å². The molecule has 4 aliphatic carbocycles. The Morgan fingerprint density at radius 3 is 0.862 bits per heavy atom. The van der Waals surface area contributed by atoms with Crippen molar-refractivity contribution in [1.82, 2.24) is 29.4 Å². The van der Waals surface area contributed by atoms with E-state index in [1.54, 1.807) is 133 Å². The number of likely N-dealkylation sites (tertiary alicyclic amines) is 2. The van der Waals surface area contributed by atoms with Crippen LogP contribution in [0.5, 0.6) is 0 Å². The van der Waals surface area contributed by atoms with Crippen molar-refractivity contribution < 1.29 is 60.3 Å². The fourth-order valence-electron chi connectivity index (χ4n) is 14.7. The lowest BCUT2D eigenvalue weighted by Crippen LogP contribution is -2.50. The first-order valence-electron chi connectivity index (χ1n) is 36.7. The van der Waals surface area contributed by atoms with Crippen LogP contribution in [0.15, 0.2) is 234 Å². The van der Waals surface area contributed by atoms with Gasteiger partial charge in [0.15, 0.2) is 0 Å². The van der Waals surface area contributed by atoms with E-state index in [0.29, 0.717) is 118 Å². The Balaban J connectivity index is 0.000000128. The zero-order valence-electron chi connectivity index (χ0n) is 60.5. The van der Waals surface area contributed by atoms with E-state index >= 15 is 0 Å². The van der Waals surface area contributed by atoms with Crippen molar-refractivity contribution in [2.24, 2.45) is 0 Å². The number of hydrogen-bond acceptors (Lipinski definition) is 18. The number of nitrogens with zero attached hydrogens (tertiary/aromatic N) is 6. The molecular weight excluding hydrogens is 1400 g/mol. The first-order chi connectivity index (χ1) is 52.7. The van der Waals surface area contributed by atoms with Crippen LogP contribution < -0.4 is 21.3 Å². The molecule has 4 heterocycles. The zero-order chi connectivity index (χ0) is 76.6. The maximum atomic E-state index is 14.2. The third-order valence-corrected chi connectivity index (χ3v) is 20.5. The third-order valence-electron chi connectivity index (χ3n) is 20.5. The van der Waals surface area contributed by atoms with Crippen LogP contribution in [0.1, 0.15) is 136 Å². The minimum Gasteiger partial charge on any atom is -0.367 e. The van der Waals surface area contributed by atoms with Gasteiger partial charge in [-0.2, -0.15) is 0 Å². The average Bonchev–Trinajstić information content (AvgIpc) is 1.21. The Morgan fingerprint density at radius 2 is 0.569 bits per heavy atom. The summed E-state index contributed by atoms with van der Waals surface area (Å²) in [5, 5.41) is 12.0. The van der Waals surface area contributed by atoms with Crippen molar-refractivity contribution in [1.29, 1.82) is 0 Å². The smallest absolute Gasteiger partial charge is 0.212 e. The summed E-state index contributed by atoms with van der Waals surface area (Å²) in [7, 11) is 0. The van der Waals surface area contributed by atoms with E-state index in [-0.39, 0.29) is 103 Å². The lowest BCUT2D eigenvalue weighted by Gasteiger charge is -2.40. The molecule has 558 valence electrons. The Labute approximate surface area is 628 Å². The average molecular weight is 1480 g/mol. The van der Waals surface area contributed by atoms with E-state index in [9.17, 15) is 60.3 Å². The molecule has 0 aromatic heterocycles. The highest BCUT2D eigenvalue weighted by atomic mass is 19.1. The van der Waals surface area contributed by atoms with E-state index in [2.05, 4.69) is 51.8 Å². The standard InChI is InChI=1S/C23H24FN3O2.C22H22FN3O2.C21H18F2N2O2.C20H17FN2O2/c1-15(2)26-11-13-27(14-12-26)21-20(25-17-9-7-16(24)8-10-17)22(28)18-5-3-4-6-19(18)23(21)29;1-2-25-11-13-26(14-12-25)20-19(24-16-9-7-15(23)8-10-16)21(27)17-5-3-4-6-18(17)22(20)28;22-13-8-9-17(16(23)12-13)24-18-19(25-10-4-1-5-11-25)21(27)15-7-3-2-6-14(15)20(18)26;21-13-7-9-14(10-8-13)22-17-18(23-11-3-4-12-23)20(25)16-6-2-1-5-15(16)19(17)24/h3-10,15,25H,11-14H2,1-2H3;3-10,24H,2,11-14H2,1H3;2-3,6-9,12,24H,1,4-5,10-11H2;1-2,5-10,22H,3-4,11-12H2. The van der Waals surface area contributed by atoms with Gasteiger partial charge in [0.2, 0.25) is 46.3 Å². The summed E-state index contributed by atoms with van der Waals surface area (Å²) in [5.74, 6) is -4.28. The summed E-state index contributed by atoms with van der Waals surface area (Å²) in [6.45, 7) is 16.2. The Morgan fingerprint density at radius 1 is 0.303 bits per heavy atom. The maximum Gasteiger partial charge on any atom is 0.212 e. The summed E-state index contributed by atoms with van der Waals surface area (Å²) >= 11 is 0. The Hall–Kier alpha value is -12.0. The van der Waals surface area contributed by atoms with Gasteiger partial charge in [0, 0.05) is 152 Å². The second-order valence-electron chi connectivity index (χ2n) is 27.6. The molecule has 23 heteroatoms. The van der Waals surface area contributed by atoms with Gasteiger partial charge in [0.05, 0.1) is 5.69 Å². The number of hydrogen-bond donors (Lipinski definition) is 4. The molecule has 8 aromatic carbocycles. The molecule has 0 unspecified atom stereocenters. The predicted octanol–water partition coefficient (Wildman–Crippen LogP) is 14.5. The van der Waals surface area contributed by atoms with Gasteiger partial charge in [-0.1, -0.05) is 104 Å². The summed E-state index contributed by atoms with van der Waals surface area (Å²) in [4.78, 5) is 118. The normalized spacial score (nSPS) is 17.4. The molecule has 0 saturated carbocycles. The number of nitrogens with one attached hydrogen (secondary N) is 4. The minimum absolute atomic E-state index is 0.0403. The van der Waals surface area contributed by atoms with Crippen LogP contribution in [-0.4, -0.2) is 167 Å². The number of Topliss-reactive ketones (excluding diaryl/α,β-unsaturated/α-hetero) is 8. The van der Waals surface area contributed by atoms with Crippen LogP contribution in [0.4, 0.5) is 44.7 Å². The summed E-state index contributed by atoms with van der Waals surface area (Å²) in [6, 6.07) is 48.1. The minimum atomic E-state index is -0.820. The SMILES string of the molecule is CC(C)N1CCN(C2=C(Nc3ccc(F)cc3)C(=O)c3ccccc3C2=O)CC1.CCN1CCN(C2=C(Nc3ccc(F)cc3)C(=O)c3ccccc3C2=O)CC1.O=C1C(Nc2ccc(F)cc2)=C(N2CCCC2)C(=O)c2ccccc21.O=C1C(Nc2ccc(F)cc2F)=C(N2CCCCC2)C(=O)c2ccccc21. The molecule has 109 heavy (non-hydrogen) atoms. The summed E-state index contributed by atoms with van der Waals surface area (Å²) in [5.41, 5.74) is 7.17. The number of piperidine rings is 1. The number of likely N-dealkylation sites (N-methyl/N-ethyl adjacent to an activating group) is 1. The Bertz CT molecular complexity index is 5010. The van der Waals surface area contributed by atoms with Crippen molar-refractivity contribution in [3.63, 3.8) is 0 Å².